The van der Waals surface area contributed by atoms with Crippen molar-refractivity contribution in [3.8, 4) is 0 Å². The Kier molecular flexibility index (Phi) is 3.52. The van der Waals surface area contributed by atoms with E-state index >= 15 is 0 Å². The number of benzene rings is 1. The van der Waals surface area contributed by atoms with E-state index in [2.05, 4.69) is 31.0 Å². The van der Waals surface area contributed by atoms with Crippen molar-refractivity contribution in [2.75, 3.05) is 0 Å². The summed E-state index contributed by atoms with van der Waals surface area (Å²) in [5.74, 6) is 0. The monoisotopic (exact) mass is 161 g/mol. The molecule has 0 amide bonds. The van der Waals surface area contributed by atoms with Gasteiger partial charge in [-0.2, -0.15) is 0 Å². The average Bonchev–Trinajstić information content (AvgIpc) is 2.15. The minimum atomic E-state index is 0.297. The van der Waals surface area contributed by atoms with Gasteiger partial charge in [0.25, 0.3) is 0 Å². The van der Waals surface area contributed by atoms with Crippen LogP contribution in [0, 0.1) is 0 Å². The third-order valence-corrected chi connectivity index (χ3v) is 1.79. The number of hydrogen-bond donors (Lipinski definition) is 0. The smallest absolute Gasteiger partial charge is 0.0716 e. The number of hydrogen-bond acceptors (Lipinski definition) is 1. The lowest BCUT2D eigenvalue weighted by Gasteiger charge is -2.04. The van der Waals surface area contributed by atoms with Crippen LogP contribution in [0.25, 0.3) is 0 Å². The quantitative estimate of drug-likeness (QED) is 0.603. The fourth-order valence-electron chi connectivity index (χ4n) is 1.08. The van der Waals surface area contributed by atoms with Crippen LogP contribution < -0.4 is 0 Å². The molecule has 1 aromatic carbocycles. The molecule has 0 heterocycles. The lowest BCUT2D eigenvalue weighted by atomic mass is 10.1. The number of nitrogens with zero attached hydrogens (tertiary/aromatic N) is 1. The Labute approximate surface area is 74.2 Å². The summed E-state index contributed by atoms with van der Waals surface area (Å²) in [6.45, 7) is 4.21. The van der Waals surface area contributed by atoms with Gasteiger partial charge in [0.1, 0.15) is 0 Å². The van der Waals surface area contributed by atoms with Gasteiger partial charge in [-0.1, -0.05) is 37.3 Å². The van der Waals surface area contributed by atoms with Gasteiger partial charge in [-0.25, -0.2) is 0 Å². The van der Waals surface area contributed by atoms with Gasteiger partial charge in [-0.05, 0) is 25.1 Å². The molecule has 0 aliphatic rings. The largest absolute Gasteiger partial charge is 0.290 e. The zero-order chi connectivity index (χ0) is 8.81. The Morgan fingerprint density at radius 3 is 2.58 bits per heavy atom. The second-order valence-corrected chi connectivity index (χ2v) is 2.83. The van der Waals surface area contributed by atoms with Crippen molar-refractivity contribution >= 4 is 6.21 Å². The highest BCUT2D eigenvalue weighted by Crippen LogP contribution is 2.14. The maximum absolute atomic E-state index is 4.39. The van der Waals surface area contributed by atoms with Crippen LogP contribution in [-0.2, 0) is 0 Å². The molecular weight excluding hydrogens is 146 g/mol. The maximum Gasteiger partial charge on any atom is 0.0716 e. The Bertz CT molecular complexity index is 238. The fraction of sp³-hybridized carbons (Fsp3) is 0.364. The van der Waals surface area contributed by atoms with Crippen LogP contribution in [0.1, 0.15) is 31.9 Å². The number of aliphatic imine (C=N–C) groups is 1. The fourth-order valence-corrected chi connectivity index (χ4v) is 1.08. The minimum absolute atomic E-state index is 0.297. The predicted molar refractivity (Wildman–Crippen MR) is 53.6 cm³/mol. The molecule has 0 aliphatic heterocycles. The SMILES string of the molecule is CCC=NC(C)c1ccccc1. The van der Waals surface area contributed by atoms with Crippen molar-refractivity contribution in [3.63, 3.8) is 0 Å². The summed E-state index contributed by atoms with van der Waals surface area (Å²) in [4.78, 5) is 4.39. The molecule has 0 bridgehead atoms. The Hall–Kier alpha value is -1.11. The zero-order valence-electron chi connectivity index (χ0n) is 7.70. The van der Waals surface area contributed by atoms with Crippen molar-refractivity contribution in [2.45, 2.75) is 26.3 Å². The summed E-state index contributed by atoms with van der Waals surface area (Å²) in [6, 6.07) is 10.6. The van der Waals surface area contributed by atoms with Crippen LogP contribution in [-0.4, -0.2) is 6.21 Å². The van der Waals surface area contributed by atoms with Crippen LogP contribution in [0.5, 0.6) is 0 Å². The highest BCUT2D eigenvalue weighted by Gasteiger charge is 1.98. The molecular formula is C11H15N. The van der Waals surface area contributed by atoms with Gasteiger partial charge < -0.3 is 0 Å². The first-order chi connectivity index (χ1) is 5.84. The molecule has 1 atom stereocenters. The first-order valence-corrected chi connectivity index (χ1v) is 4.41. The molecule has 1 unspecified atom stereocenters. The molecule has 0 spiro atoms. The van der Waals surface area contributed by atoms with E-state index in [9.17, 15) is 0 Å². The Balaban J connectivity index is 2.65. The van der Waals surface area contributed by atoms with Crippen LogP contribution in [0.2, 0.25) is 0 Å². The third-order valence-electron chi connectivity index (χ3n) is 1.79. The van der Waals surface area contributed by atoms with Crippen LogP contribution in [0.4, 0.5) is 0 Å². The Morgan fingerprint density at radius 1 is 1.33 bits per heavy atom. The Morgan fingerprint density at radius 2 is 2.00 bits per heavy atom. The van der Waals surface area contributed by atoms with Crippen molar-refractivity contribution in [1.82, 2.24) is 0 Å². The van der Waals surface area contributed by atoms with Crippen molar-refractivity contribution < 1.29 is 0 Å². The molecule has 64 valence electrons. The lowest BCUT2D eigenvalue weighted by molar-refractivity contribution is 0.821. The van der Waals surface area contributed by atoms with E-state index in [1.165, 1.54) is 5.56 Å². The van der Waals surface area contributed by atoms with E-state index < -0.39 is 0 Å². The summed E-state index contributed by atoms with van der Waals surface area (Å²) in [5, 5.41) is 0. The molecule has 0 saturated heterocycles. The van der Waals surface area contributed by atoms with Crippen LogP contribution in [0.15, 0.2) is 35.3 Å². The summed E-state index contributed by atoms with van der Waals surface area (Å²) < 4.78 is 0. The normalized spacial score (nSPS) is 13.5. The summed E-state index contributed by atoms with van der Waals surface area (Å²) in [6.07, 6.45) is 2.98. The predicted octanol–water partition coefficient (Wildman–Crippen LogP) is 3.23. The van der Waals surface area contributed by atoms with Crippen molar-refractivity contribution in [3.05, 3.63) is 35.9 Å². The molecule has 1 aromatic rings. The van der Waals surface area contributed by atoms with Gasteiger partial charge in [0, 0.05) is 0 Å². The van der Waals surface area contributed by atoms with Crippen LogP contribution >= 0.6 is 0 Å². The minimum Gasteiger partial charge on any atom is -0.290 e. The van der Waals surface area contributed by atoms with Crippen molar-refractivity contribution in [2.24, 2.45) is 4.99 Å². The van der Waals surface area contributed by atoms with Gasteiger partial charge in [0.05, 0.1) is 6.04 Å². The molecule has 0 N–H and O–H groups in total. The van der Waals surface area contributed by atoms with E-state index in [-0.39, 0.29) is 0 Å². The summed E-state index contributed by atoms with van der Waals surface area (Å²) >= 11 is 0. The van der Waals surface area contributed by atoms with Crippen molar-refractivity contribution in [1.29, 1.82) is 0 Å². The van der Waals surface area contributed by atoms with Gasteiger partial charge in [-0.15, -0.1) is 0 Å². The van der Waals surface area contributed by atoms with Gasteiger partial charge in [0.2, 0.25) is 0 Å². The zero-order valence-corrected chi connectivity index (χ0v) is 7.70. The molecule has 0 aromatic heterocycles. The molecule has 1 heteroatoms. The van der Waals surface area contributed by atoms with Gasteiger partial charge >= 0.3 is 0 Å². The highest BCUT2D eigenvalue weighted by atomic mass is 14.7. The lowest BCUT2D eigenvalue weighted by Crippen LogP contribution is -1.88. The molecule has 0 saturated carbocycles. The summed E-state index contributed by atoms with van der Waals surface area (Å²) in [5.41, 5.74) is 1.28. The average molecular weight is 161 g/mol. The standard InChI is InChI=1S/C11H15N/c1-3-9-12-10(2)11-7-5-4-6-8-11/h4-10H,3H2,1-2H3. The van der Waals surface area contributed by atoms with Gasteiger partial charge in [-0.3, -0.25) is 4.99 Å². The van der Waals surface area contributed by atoms with E-state index in [1.54, 1.807) is 0 Å². The molecule has 1 rings (SSSR count). The van der Waals surface area contributed by atoms with Gasteiger partial charge in [0.15, 0.2) is 0 Å². The molecule has 1 nitrogen and oxygen atoms in total. The maximum atomic E-state index is 4.39. The first-order valence-electron chi connectivity index (χ1n) is 4.41. The molecule has 12 heavy (non-hydrogen) atoms. The highest BCUT2D eigenvalue weighted by molar-refractivity contribution is 5.57. The van der Waals surface area contributed by atoms with E-state index in [0.29, 0.717) is 6.04 Å². The molecule has 0 radical (unpaired) electrons. The van der Waals surface area contributed by atoms with E-state index in [1.807, 2.05) is 24.4 Å². The first kappa shape index (κ1) is 8.98. The number of rotatable bonds is 3. The third kappa shape index (κ3) is 2.50. The summed E-state index contributed by atoms with van der Waals surface area (Å²) in [7, 11) is 0. The van der Waals surface area contributed by atoms with E-state index in [4.69, 9.17) is 0 Å². The second-order valence-electron chi connectivity index (χ2n) is 2.83. The molecule has 0 fully saturated rings. The van der Waals surface area contributed by atoms with E-state index in [0.717, 1.165) is 6.42 Å². The van der Waals surface area contributed by atoms with Crippen LogP contribution in [0.3, 0.4) is 0 Å². The molecule has 0 aliphatic carbocycles. The topological polar surface area (TPSA) is 12.4 Å². The second kappa shape index (κ2) is 4.70.